The molecule has 3 heterocycles. The van der Waals surface area contributed by atoms with Gasteiger partial charge in [-0.05, 0) is 52.4 Å². The van der Waals surface area contributed by atoms with Gasteiger partial charge in [-0.2, -0.15) is 0 Å². The van der Waals surface area contributed by atoms with Gasteiger partial charge in [-0.25, -0.2) is 17.6 Å². The van der Waals surface area contributed by atoms with Gasteiger partial charge in [0.15, 0.2) is 16.4 Å². The number of esters is 1. The van der Waals surface area contributed by atoms with Crippen LogP contribution in [-0.4, -0.2) is 84.6 Å². The van der Waals surface area contributed by atoms with Crippen LogP contribution in [0.4, 0.5) is 4.39 Å². The lowest BCUT2D eigenvalue weighted by Crippen LogP contribution is -2.31. The second kappa shape index (κ2) is 12.9. The molecule has 10 nitrogen and oxygen atoms in total. The Morgan fingerprint density at radius 1 is 1.12 bits per heavy atom. The number of H-pyrrole nitrogens is 1. The van der Waals surface area contributed by atoms with E-state index in [-0.39, 0.29) is 48.1 Å². The average molecular weight is 672 g/mol. The SMILES string of the molecule is CCOC(=O)c1[nH]c2c(C(C)C3=C=[N+](CCCN4C(=O)c5ccccc5C4=O)N=C3)cccc2c1C1C=C(F)C(CS(C)(=O)=O)=CC1C. The lowest BCUT2D eigenvalue weighted by molar-refractivity contribution is -0.524. The van der Waals surface area contributed by atoms with Crippen molar-refractivity contribution in [1.82, 2.24) is 9.88 Å². The van der Waals surface area contributed by atoms with Gasteiger partial charge in [0.1, 0.15) is 17.7 Å². The average Bonchev–Trinajstić information content (AvgIpc) is 3.74. The number of imide groups is 1. The second-order valence-corrected chi connectivity index (χ2v) is 14.5. The predicted molar refractivity (Wildman–Crippen MR) is 180 cm³/mol. The summed E-state index contributed by atoms with van der Waals surface area (Å²) in [5.74, 6) is 0.0632. The molecule has 0 spiro atoms. The van der Waals surface area contributed by atoms with Crippen LogP contribution >= 0.6 is 0 Å². The summed E-state index contributed by atoms with van der Waals surface area (Å²) in [4.78, 5) is 43.2. The van der Waals surface area contributed by atoms with E-state index in [0.29, 0.717) is 35.2 Å². The van der Waals surface area contributed by atoms with Gasteiger partial charge >= 0.3 is 5.97 Å². The van der Waals surface area contributed by atoms with E-state index in [4.69, 9.17) is 4.74 Å². The number of hydrogen-bond donors (Lipinski definition) is 1. The number of fused-ring (bicyclic) bond motifs is 2. The minimum absolute atomic E-state index is 0.115. The van der Waals surface area contributed by atoms with Crippen molar-refractivity contribution >= 4 is 50.6 Å². The number of aromatic amines is 1. The number of allylic oxidation sites excluding steroid dienone is 4. The van der Waals surface area contributed by atoms with Gasteiger partial charge in [0, 0.05) is 41.5 Å². The maximum Gasteiger partial charge on any atom is 0.355 e. The molecule has 3 aliphatic rings. The molecule has 3 unspecified atom stereocenters. The van der Waals surface area contributed by atoms with Crippen molar-refractivity contribution in [2.45, 2.75) is 39.0 Å². The van der Waals surface area contributed by atoms with Crippen molar-refractivity contribution in [1.29, 1.82) is 0 Å². The van der Waals surface area contributed by atoms with Crippen molar-refractivity contribution in [3.05, 3.63) is 99.5 Å². The largest absolute Gasteiger partial charge is 0.461 e. The van der Waals surface area contributed by atoms with Gasteiger partial charge in [0.25, 0.3) is 11.8 Å². The van der Waals surface area contributed by atoms with Crippen molar-refractivity contribution in [2.24, 2.45) is 11.0 Å². The van der Waals surface area contributed by atoms with Crippen LogP contribution in [0.2, 0.25) is 0 Å². The first kappa shape index (κ1) is 33.0. The Bertz CT molecular complexity index is 2100. The van der Waals surface area contributed by atoms with E-state index < -0.39 is 33.3 Å². The summed E-state index contributed by atoms with van der Waals surface area (Å²) in [6.45, 7) is 6.43. The first-order valence-electron chi connectivity index (χ1n) is 15.9. The number of para-hydroxylation sites is 1. The molecule has 48 heavy (non-hydrogen) atoms. The van der Waals surface area contributed by atoms with Crippen LogP contribution in [0.5, 0.6) is 0 Å². The second-order valence-electron chi connectivity index (χ2n) is 12.4. The molecule has 3 aromatic rings. The molecule has 12 heteroatoms. The monoisotopic (exact) mass is 671 g/mol. The first-order valence-corrected chi connectivity index (χ1v) is 17.9. The van der Waals surface area contributed by atoms with Crippen molar-refractivity contribution < 1.29 is 36.6 Å². The molecule has 2 amide bonds. The van der Waals surface area contributed by atoms with Crippen LogP contribution < -0.4 is 0 Å². The van der Waals surface area contributed by atoms with Gasteiger partial charge in [0.05, 0.1) is 34.6 Å². The van der Waals surface area contributed by atoms with Gasteiger partial charge in [0.2, 0.25) is 5.87 Å². The number of rotatable bonds is 11. The van der Waals surface area contributed by atoms with Crippen molar-refractivity contribution in [2.75, 3.05) is 31.7 Å². The number of carbonyl (C=O) groups is 3. The summed E-state index contributed by atoms with van der Waals surface area (Å²) in [5.41, 5.74) is 4.12. The summed E-state index contributed by atoms with van der Waals surface area (Å²) in [7, 11) is -3.45. The molecule has 0 saturated carbocycles. The van der Waals surface area contributed by atoms with Crippen LogP contribution in [0.25, 0.3) is 10.9 Å². The fraction of sp³-hybridized carbons (Fsp3) is 0.333. The van der Waals surface area contributed by atoms with E-state index >= 15 is 4.39 Å². The molecular weight excluding hydrogens is 635 g/mol. The Labute approximate surface area is 277 Å². The van der Waals surface area contributed by atoms with Crippen LogP contribution in [0.15, 0.2) is 76.7 Å². The third-order valence-corrected chi connectivity index (χ3v) is 9.79. The Balaban J connectivity index is 1.27. The zero-order chi connectivity index (χ0) is 34.3. The standard InChI is InChI=1S/C36H35FN4O6S/c1-5-47-36(44)33-31(29-17-30(37)23(16-21(29)2)20-48(4,45)46)28-13-8-12-25(32(28)39-33)22(3)24-18-38-40(19-24)14-9-15-41-34(42)26-10-6-7-11-27(26)35(41)43/h6-8,10-13,16-18,21-22,29H,5,9,14-15,20H2,1-4H3/p+1. The third-order valence-electron chi connectivity index (χ3n) is 8.96. The topological polar surface area (TPSA) is 129 Å². The minimum atomic E-state index is -3.45. The highest BCUT2D eigenvalue weighted by Gasteiger charge is 2.35. The van der Waals surface area contributed by atoms with E-state index in [9.17, 15) is 22.8 Å². The molecule has 2 aliphatic heterocycles. The molecule has 1 aliphatic carbocycles. The highest BCUT2D eigenvalue weighted by Crippen LogP contribution is 2.42. The van der Waals surface area contributed by atoms with Crippen LogP contribution in [-0.2, 0) is 14.6 Å². The zero-order valence-corrected chi connectivity index (χ0v) is 27.9. The smallest absolute Gasteiger partial charge is 0.355 e. The number of carbonyl (C=O) groups excluding carboxylic acids is 3. The highest BCUT2D eigenvalue weighted by atomic mass is 32.2. The first-order chi connectivity index (χ1) is 22.9. The Hall–Kier alpha value is -4.93. The summed E-state index contributed by atoms with van der Waals surface area (Å²) >= 11 is 0. The molecule has 3 atom stereocenters. The number of hydrazone groups is 1. The number of benzene rings is 2. The van der Waals surface area contributed by atoms with Gasteiger partial charge < -0.3 is 9.72 Å². The predicted octanol–water partition coefficient (Wildman–Crippen LogP) is 5.30. The number of ether oxygens (including phenoxy) is 1. The van der Waals surface area contributed by atoms with Crippen LogP contribution in [0.1, 0.15) is 81.4 Å². The number of sulfone groups is 1. The Kier molecular flexibility index (Phi) is 8.89. The van der Waals surface area contributed by atoms with E-state index in [0.717, 1.165) is 22.8 Å². The number of halogens is 1. The minimum Gasteiger partial charge on any atom is -0.461 e. The lowest BCUT2D eigenvalue weighted by atomic mass is 9.80. The molecule has 248 valence electrons. The molecule has 1 N–H and O–H groups in total. The van der Waals surface area contributed by atoms with Crippen LogP contribution in [0.3, 0.4) is 0 Å². The molecule has 0 fully saturated rings. The molecule has 0 bridgehead atoms. The van der Waals surface area contributed by atoms with E-state index in [1.807, 2.05) is 32.0 Å². The number of nitrogens with one attached hydrogen (secondary N) is 1. The quantitative estimate of drug-likeness (QED) is 0.167. The molecule has 2 aromatic carbocycles. The maximum absolute atomic E-state index is 15.3. The Morgan fingerprint density at radius 3 is 2.50 bits per heavy atom. The molecule has 6 rings (SSSR count). The fourth-order valence-corrected chi connectivity index (χ4v) is 7.44. The summed E-state index contributed by atoms with van der Waals surface area (Å²) < 4.78 is 46.2. The van der Waals surface area contributed by atoms with Gasteiger partial charge in [-0.3, -0.25) is 14.5 Å². The fourth-order valence-electron chi connectivity index (χ4n) is 6.64. The van der Waals surface area contributed by atoms with Crippen molar-refractivity contribution in [3.8, 4) is 0 Å². The number of nitrogens with zero attached hydrogens (tertiary/aromatic N) is 3. The molecular formula is C36H36FN4O6S+. The zero-order valence-electron chi connectivity index (χ0n) is 27.1. The Morgan fingerprint density at radius 2 is 1.83 bits per heavy atom. The molecule has 0 saturated heterocycles. The van der Waals surface area contributed by atoms with Crippen molar-refractivity contribution in [3.63, 3.8) is 0 Å². The van der Waals surface area contributed by atoms with E-state index in [1.54, 1.807) is 48.2 Å². The lowest BCUT2D eigenvalue weighted by Gasteiger charge is -2.25. The summed E-state index contributed by atoms with van der Waals surface area (Å²) in [5, 5.41) is 5.21. The third kappa shape index (κ3) is 6.21. The number of aromatic nitrogens is 1. The van der Waals surface area contributed by atoms with Gasteiger partial charge in [-0.1, -0.05) is 50.3 Å². The van der Waals surface area contributed by atoms with Gasteiger partial charge in [-0.15, -0.1) is 0 Å². The van der Waals surface area contributed by atoms with Crippen LogP contribution in [0, 0.1) is 5.92 Å². The highest BCUT2D eigenvalue weighted by molar-refractivity contribution is 7.90. The molecule has 0 radical (unpaired) electrons. The number of amides is 2. The molecule has 1 aromatic heterocycles. The van der Waals surface area contributed by atoms with E-state index in [2.05, 4.69) is 16.0 Å². The normalized spacial score (nSPS) is 19.6. The summed E-state index contributed by atoms with van der Waals surface area (Å²) in [6.07, 6.45) is 6.31. The van der Waals surface area contributed by atoms with E-state index in [1.165, 1.54) is 11.0 Å². The maximum atomic E-state index is 15.3. The summed E-state index contributed by atoms with van der Waals surface area (Å²) in [6, 6.07) is 12.5. The number of hydrogen-bond acceptors (Lipinski definition) is 7.